The minimum Gasteiger partial charge on any atom is -0.497 e. The fourth-order valence-corrected chi connectivity index (χ4v) is 1.99. The fourth-order valence-electron chi connectivity index (χ4n) is 1.99. The second-order valence-electron chi connectivity index (χ2n) is 4.59. The summed E-state index contributed by atoms with van der Waals surface area (Å²) in [7, 11) is 3.57. The van der Waals surface area contributed by atoms with Crippen molar-refractivity contribution in [2.45, 2.75) is 6.42 Å². The number of hydrogen-bond acceptors (Lipinski definition) is 4. The first kappa shape index (κ1) is 14.2. The molecule has 0 saturated heterocycles. The van der Waals surface area contributed by atoms with Gasteiger partial charge in [0.2, 0.25) is 0 Å². The van der Waals surface area contributed by atoms with E-state index < -0.39 is 0 Å². The van der Waals surface area contributed by atoms with E-state index in [1.165, 1.54) is 5.56 Å². The average Bonchev–Trinajstić information content (AvgIpc) is 2.53. The number of ether oxygens (including phenoxy) is 1. The molecule has 0 radical (unpaired) electrons. The van der Waals surface area contributed by atoms with Crippen molar-refractivity contribution < 1.29 is 4.74 Å². The van der Waals surface area contributed by atoms with Crippen LogP contribution in [0.15, 0.2) is 48.5 Å². The smallest absolute Gasteiger partial charge is 0.118 e. The molecule has 20 heavy (non-hydrogen) atoms. The lowest BCUT2D eigenvalue weighted by molar-refractivity contribution is 0.414. The summed E-state index contributed by atoms with van der Waals surface area (Å²) in [5, 5.41) is 4.86. The van der Waals surface area contributed by atoms with Crippen LogP contribution in [-0.4, -0.2) is 20.7 Å². The molecule has 0 fully saturated rings. The normalized spacial score (nSPS) is 10.2. The van der Waals surface area contributed by atoms with Gasteiger partial charge in [0.25, 0.3) is 0 Å². The first-order chi connectivity index (χ1) is 9.72. The van der Waals surface area contributed by atoms with E-state index in [9.17, 15) is 0 Å². The summed E-state index contributed by atoms with van der Waals surface area (Å²) in [4.78, 5) is 0. The Morgan fingerprint density at radius 3 is 2.25 bits per heavy atom. The van der Waals surface area contributed by atoms with E-state index in [4.69, 9.17) is 10.6 Å². The molecule has 3 N–H and O–H groups in total. The van der Waals surface area contributed by atoms with Gasteiger partial charge >= 0.3 is 0 Å². The first-order valence-electron chi connectivity index (χ1n) is 6.66. The van der Waals surface area contributed by atoms with Crippen LogP contribution in [0.4, 0.5) is 11.4 Å². The van der Waals surface area contributed by atoms with Crippen LogP contribution >= 0.6 is 0 Å². The number of hydrazine groups is 1. The molecule has 0 bridgehead atoms. The van der Waals surface area contributed by atoms with E-state index in [2.05, 4.69) is 17.4 Å². The molecule has 0 amide bonds. The van der Waals surface area contributed by atoms with E-state index in [-0.39, 0.29) is 0 Å². The van der Waals surface area contributed by atoms with Crippen molar-refractivity contribution in [1.82, 2.24) is 0 Å². The van der Waals surface area contributed by atoms with Gasteiger partial charge in [0.05, 0.1) is 12.8 Å². The van der Waals surface area contributed by atoms with Gasteiger partial charge in [-0.25, -0.2) is 5.84 Å². The van der Waals surface area contributed by atoms with Gasteiger partial charge in [-0.05, 0) is 48.4 Å². The molecule has 2 aromatic carbocycles. The van der Waals surface area contributed by atoms with Gasteiger partial charge in [0.15, 0.2) is 0 Å². The maximum absolute atomic E-state index is 6.08. The molecule has 0 aliphatic carbocycles. The van der Waals surface area contributed by atoms with Crippen molar-refractivity contribution >= 4 is 11.4 Å². The average molecular weight is 271 g/mol. The predicted molar refractivity (Wildman–Crippen MR) is 84.2 cm³/mol. The monoisotopic (exact) mass is 271 g/mol. The zero-order valence-electron chi connectivity index (χ0n) is 12.0. The third kappa shape index (κ3) is 3.65. The predicted octanol–water partition coefficient (Wildman–Crippen LogP) is 2.66. The van der Waals surface area contributed by atoms with Gasteiger partial charge in [0.1, 0.15) is 5.75 Å². The Labute approximate surface area is 120 Å². The summed E-state index contributed by atoms with van der Waals surface area (Å²) in [6.07, 6.45) is 0.897. The molecule has 106 valence electrons. The Morgan fingerprint density at radius 2 is 1.70 bits per heavy atom. The van der Waals surface area contributed by atoms with E-state index in [1.54, 1.807) is 12.1 Å². The zero-order chi connectivity index (χ0) is 14.4. The van der Waals surface area contributed by atoms with E-state index in [1.807, 2.05) is 43.4 Å². The molecular weight excluding hydrogens is 250 g/mol. The molecular formula is C16H21N3O. The van der Waals surface area contributed by atoms with Crippen LogP contribution in [0.2, 0.25) is 0 Å². The Bertz CT molecular complexity index is 522. The summed E-state index contributed by atoms with van der Waals surface area (Å²) in [5.41, 5.74) is 3.34. The van der Waals surface area contributed by atoms with Gasteiger partial charge in [-0.1, -0.05) is 12.1 Å². The molecule has 4 heteroatoms. The molecule has 0 aromatic heterocycles. The van der Waals surface area contributed by atoms with Crippen LogP contribution in [-0.2, 0) is 6.42 Å². The largest absolute Gasteiger partial charge is 0.497 e. The van der Waals surface area contributed by atoms with E-state index >= 15 is 0 Å². The molecule has 0 unspecified atom stereocenters. The summed E-state index contributed by atoms with van der Waals surface area (Å²) >= 11 is 0. The topological polar surface area (TPSA) is 50.5 Å². The van der Waals surface area contributed by atoms with Gasteiger partial charge < -0.3 is 15.1 Å². The van der Waals surface area contributed by atoms with E-state index in [0.717, 1.165) is 30.1 Å². The second kappa shape index (κ2) is 6.82. The Balaban J connectivity index is 1.91. The fraction of sp³-hybridized carbons (Fsp3) is 0.250. The summed E-state index contributed by atoms with van der Waals surface area (Å²) in [6.45, 7) is 0.769. The number of hydrogen-bond donors (Lipinski definition) is 2. The molecule has 2 rings (SSSR count). The van der Waals surface area contributed by atoms with Gasteiger partial charge in [-0.2, -0.15) is 0 Å². The number of methoxy groups -OCH3 is 1. The van der Waals surface area contributed by atoms with Gasteiger partial charge in [0, 0.05) is 19.3 Å². The van der Waals surface area contributed by atoms with Crippen LogP contribution < -0.4 is 20.9 Å². The summed E-state index contributed by atoms with van der Waals surface area (Å²) in [6, 6.07) is 16.1. The minimum absolute atomic E-state index is 0.769. The molecule has 0 spiro atoms. The number of rotatable bonds is 6. The van der Waals surface area contributed by atoms with Gasteiger partial charge in [-0.15, -0.1) is 0 Å². The standard InChI is InChI=1S/C16H21N3O/c1-18-14-5-7-15(8-6-14)19(17)12-11-13-3-9-16(20-2)10-4-13/h3-10,18H,11-12,17H2,1-2H3. The van der Waals surface area contributed by atoms with Gasteiger partial charge in [-0.3, -0.25) is 0 Å². The molecule has 0 aliphatic heterocycles. The molecule has 0 heterocycles. The van der Waals surface area contributed by atoms with Crippen LogP contribution in [0.3, 0.4) is 0 Å². The minimum atomic E-state index is 0.769. The Morgan fingerprint density at radius 1 is 1.05 bits per heavy atom. The Kier molecular flexibility index (Phi) is 4.85. The first-order valence-corrected chi connectivity index (χ1v) is 6.66. The van der Waals surface area contributed by atoms with Crippen LogP contribution in [0.1, 0.15) is 5.56 Å². The quantitative estimate of drug-likeness (QED) is 0.626. The number of nitrogens with zero attached hydrogens (tertiary/aromatic N) is 1. The van der Waals surface area contributed by atoms with Crippen molar-refractivity contribution in [3.63, 3.8) is 0 Å². The van der Waals surface area contributed by atoms with Crippen LogP contribution in [0, 0.1) is 0 Å². The molecule has 2 aromatic rings. The van der Waals surface area contributed by atoms with Crippen LogP contribution in [0.25, 0.3) is 0 Å². The summed E-state index contributed by atoms with van der Waals surface area (Å²) < 4.78 is 5.14. The van der Waals surface area contributed by atoms with E-state index in [0.29, 0.717) is 0 Å². The highest BCUT2D eigenvalue weighted by Crippen LogP contribution is 2.16. The number of benzene rings is 2. The lowest BCUT2D eigenvalue weighted by Crippen LogP contribution is -2.32. The number of nitrogens with one attached hydrogen (secondary N) is 1. The number of nitrogens with two attached hydrogens (primary N) is 1. The molecule has 4 nitrogen and oxygen atoms in total. The maximum atomic E-state index is 6.08. The van der Waals surface area contributed by atoms with Crippen molar-refractivity contribution in [3.05, 3.63) is 54.1 Å². The molecule has 0 saturated carbocycles. The van der Waals surface area contributed by atoms with Crippen LogP contribution in [0.5, 0.6) is 5.75 Å². The highest BCUT2D eigenvalue weighted by Gasteiger charge is 2.02. The Hall–Kier alpha value is -2.20. The highest BCUT2D eigenvalue weighted by atomic mass is 16.5. The molecule has 0 aliphatic rings. The third-order valence-corrected chi connectivity index (χ3v) is 3.29. The van der Waals surface area contributed by atoms with Crippen molar-refractivity contribution in [3.8, 4) is 5.75 Å². The summed E-state index contributed by atoms with van der Waals surface area (Å²) in [5.74, 6) is 6.95. The lowest BCUT2D eigenvalue weighted by atomic mass is 10.1. The highest BCUT2D eigenvalue weighted by molar-refractivity contribution is 5.54. The maximum Gasteiger partial charge on any atom is 0.118 e. The number of anilines is 2. The second-order valence-corrected chi connectivity index (χ2v) is 4.59. The molecule has 0 atom stereocenters. The third-order valence-electron chi connectivity index (χ3n) is 3.29. The van der Waals surface area contributed by atoms with Crippen molar-refractivity contribution in [1.29, 1.82) is 0 Å². The zero-order valence-corrected chi connectivity index (χ0v) is 12.0. The van der Waals surface area contributed by atoms with Crippen molar-refractivity contribution in [2.24, 2.45) is 5.84 Å². The lowest BCUT2D eigenvalue weighted by Gasteiger charge is -2.19. The SMILES string of the molecule is CNc1ccc(N(N)CCc2ccc(OC)cc2)cc1. The van der Waals surface area contributed by atoms with Crippen molar-refractivity contribution in [2.75, 3.05) is 31.0 Å².